The first kappa shape index (κ1) is 25.1. The molecular weight excluding hydrogens is 518 g/mol. The molecule has 2 aliphatic heterocycles. The highest BCUT2D eigenvalue weighted by Gasteiger charge is 2.39. The number of nitrogens with one attached hydrogen (secondary N) is 1. The maximum atomic E-state index is 13.2. The van der Waals surface area contributed by atoms with Gasteiger partial charge in [0, 0.05) is 41.5 Å². The minimum absolute atomic E-state index is 0.0817. The Hall–Kier alpha value is -4.15. The number of amides is 1. The predicted molar refractivity (Wildman–Crippen MR) is 145 cm³/mol. The van der Waals surface area contributed by atoms with Gasteiger partial charge in [0.1, 0.15) is 18.1 Å². The maximum Gasteiger partial charge on any atom is 0.264 e. The molecule has 0 radical (unpaired) electrons. The number of sulfonamides is 1. The highest BCUT2D eigenvalue weighted by molar-refractivity contribution is 7.93. The standard InChI is InChI=1S/C29H27N3O6S/c33-28(32-16-13-29(34,14-17-32)23-6-2-7-24-27(23)38-19-18-37-24)21-9-11-22(12-10-21)31-39(35,36)25-8-1-4-20-5-3-15-30-26(20)25/h1-12,15,31,34H,13-14,16-19H2. The lowest BCUT2D eigenvalue weighted by Crippen LogP contribution is -2.45. The van der Waals surface area contributed by atoms with Crippen LogP contribution in [0.25, 0.3) is 10.9 Å². The van der Waals surface area contributed by atoms with Gasteiger partial charge >= 0.3 is 0 Å². The maximum absolute atomic E-state index is 13.2. The van der Waals surface area contributed by atoms with Gasteiger partial charge in [-0.3, -0.25) is 14.5 Å². The predicted octanol–water partition coefficient (Wildman–Crippen LogP) is 3.93. The van der Waals surface area contributed by atoms with Crippen molar-refractivity contribution in [2.45, 2.75) is 23.3 Å². The van der Waals surface area contributed by atoms with Crippen LogP contribution in [-0.2, 0) is 15.6 Å². The number of aliphatic hydroxyl groups is 1. The fourth-order valence-corrected chi connectivity index (χ4v) is 6.40. The second-order valence-electron chi connectivity index (χ2n) is 9.67. The molecule has 3 aromatic carbocycles. The van der Waals surface area contributed by atoms with E-state index in [0.29, 0.717) is 73.0 Å². The Morgan fingerprint density at radius 3 is 2.44 bits per heavy atom. The Morgan fingerprint density at radius 1 is 0.923 bits per heavy atom. The van der Waals surface area contributed by atoms with E-state index in [4.69, 9.17) is 9.47 Å². The lowest BCUT2D eigenvalue weighted by atomic mass is 9.83. The topological polar surface area (TPSA) is 118 Å². The van der Waals surface area contributed by atoms with Crippen molar-refractivity contribution in [2.24, 2.45) is 0 Å². The van der Waals surface area contributed by atoms with Crippen LogP contribution in [0.3, 0.4) is 0 Å². The van der Waals surface area contributed by atoms with Crippen LogP contribution >= 0.6 is 0 Å². The van der Waals surface area contributed by atoms with Crippen LogP contribution in [0.5, 0.6) is 11.5 Å². The van der Waals surface area contributed by atoms with E-state index in [0.717, 1.165) is 5.39 Å². The van der Waals surface area contributed by atoms with Gasteiger partial charge < -0.3 is 19.5 Å². The zero-order valence-corrected chi connectivity index (χ0v) is 21.9. The number of para-hydroxylation sites is 2. The van der Waals surface area contributed by atoms with Crippen molar-refractivity contribution < 1.29 is 27.8 Å². The van der Waals surface area contributed by atoms with Crippen LogP contribution in [0.1, 0.15) is 28.8 Å². The number of anilines is 1. The SMILES string of the molecule is O=C(c1ccc(NS(=O)(=O)c2cccc3cccnc23)cc1)N1CCC(O)(c2cccc3c2OCCO3)CC1. The van der Waals surface area contributed by atoms with Crippen LogP contribution in [0, 0.1) is 0 Å². The summed E-state index contributed by atoms with van der Waals surface area (Å²) in [6.07, 6.45) is 2.27. The molecule has 0 spiro atoms. The quantitative estimate of drug-likeness (QED) is 0.390. The first-order valence-corrected chi connectivity index (χ1v) is 14.2. The van der Waals surface area contributed by atoms with Gasteiger partial charge in [-0.25, -0.2) is 8.42 Å². The molecule has 0 aliphatic carbocycles. The first-order valence-electron chi connectivity index (χ1n) is 12.7. The van der Waals surface area contributed by atoms with Gasteiger partial charge in [0.2, 0.25) is 0 Å². The largest absolute Gasteiger partial charge is 0.486 e. The first-order chi connectivity index (χ1) is 18.8. The van der Waals surface area contributed by atoms with Crippen LogP contribution in [0.15, 0.2) is 83.9 Å². The Balaban J connectivity index is 1.14. The summed E-state index contributed by atoms with van der Waals surface area (Å²) in [6.45, 7) is 1.62. The molecule has 6 rings (SSSR count). The third kappa shape index (κ3) is 4.77. The summed E-state index contributed by atoms with van der Waals surface area (Å²) in [5.74, 6) is 1.01. The number of likely N-dealkylation sites (tertiary alicyclic amines) is 1. The van der Waals surface area contributed by atoms with Gasteiger partial charge in [0.05, 0.1) is 11.1 Å². The lowest BCUT2D eigenvalue weighted by molar-refractivity contribution is -0.0240. The van der Waals surface area contributed by atoms with Crippen molar-refractivity contribution >= 4 is 32.5 Å². The number of carbonyl (C=O) groups excluding carboxylic acids is 1. The molecule has 0 bridgehead atoms. The lowest BCUT2D eigenvalue weighted by Gasteiger charge is -2.39. The summed E-state index contributed by atoms with van der Waals surface area (Å²) in [5.41, 5.74) is 0.721. The number of rotatable bonds is 5. The number of hydrogen-bond acceptors (Lipinski definition) is 7. The van der Waals surface area contributed by atoms with Crippen molar-refractivity contribution in [1.82, 2.24) is 9.88 Å². The van der Waals surface area contributed by atoms with Crippen LogP contribution < -0.4 is 14.2 Å². The van der Waals surface area contributed by atoms with E-state index in [1.165, 1.54) is 6.07 Å². The zero-order valence-electron chi connectivity index (χ0n) is 21.0. The zero-order chi connectivity index (χ0) is 27.0. The number of pyridine rings is 1. The molecule has 9 nitrogen and oxygen atoms in total. The molecule has 2 aliphatic rings. The Morgan fingerprint density at radius 2 is 1.64 bits per heavy atom. The summed E-state index contributed by atoms with van der Waals surface area (Å²) in [7, 11) is -3.89. The molecule has 10 heteroatoms. The number of benzene rings is 3. The fraction of sp³-hybridized carbons (Fsp3) is 0.241. The van der Waals surface area contributed by atoms with Crippen molar-refractivity contribution in [3.05, 3.63) is 90.1 Å². The number of piperidine rings is 1. The molecule has 0 unspecified atom stereocenters. The molecule has 1 fully saturated rings. The molecule has 0 atom stereocenters. The average molecular weight is 546 g/mol. The molecule has 2 N–H and O–H groups in total. The second-order valence-corrected chi connectivity index (χ2v) is 11.3. The molecule has 1 aromatic heterocycles. The Bertz CT molecular complexity index is 1640. The molecule has 39 heavy (non-hydrogen) atoms. The molecule has 0 saturated carbocycles. The molecule has 4 aromatic rings. The third-order valence-corrected chi connectivity index (χ3v) is 8.63. The third-order valence-electron chi connectivity index (χ3n) is 7.21. The van der Waals surface area contributed by atoms with Crippen molar-refractivity contribution in [2.75, 3.05) is 31.0 Å². The molecular formula is C29H27N3O6S. The number of carbonyl (C=O) groups is 1. The highest BCUT2D eigenvalue weighted by Crippen LogP contribution is 2.43. The Labute approximate surface area is 226 Å². The number of nitrogens with zero attached hydrogens (tertiary/aromatic N) is 2. The van der Waals surface area contributed by atoms with E-state index >= 15 is 0 Å². The number of hydrogen-bond donors (Lipinski definition) is 2. The van der Waals surface area contributed by atoms with E-state index < -0.39 is 15.6 Å². The van der Waals surface area contributed by atoms with Crippen LogP contribution in [0.2, 0.25) is 0 Å². The van der Waals surface area contributed by atoms with Crippen LogP contribution in [0.4, 0.5) is 5.69 Å². The average Bonchev–Trinajstić information content (AvgIpc) is 2.97. The second kappa shape index (κ2) is 9.87. The molecule has 200 valence electrons. The number of ether oxygens (including phenoxy) is 2. The minimum Gasteiger partial charge on any atom is -0.486 e. The summed E-state index contributed by atoms with van der Waals surface area (Å²) < 4.78 is 40.2. The van der Waals surface area contributed by atoms with E-state index in [2.05, 4.69) is 9.71 Å². The van der Waals surface area contributed by atoms with Gasteiger partial charge in [-0.1, -0.05) is 30.3 Å². The van der Waals surface area contributed by atoms with Gasteiger partial charge in [-0.15, -0.1) is 0 Å². The van der Waals surface area contributed by atoms with Crippen molar-refractivity contribution in [3.8, 4) is 11.5 Å². The van der Waals surface area contributed by atoms with Gasteiger partial charge in [-0.2, -0.15) is 0 Å². The van der Waals surface area contributed by atoms with Crippen molar-refractivity contribution in [1.29, 1.82) is 0 Å². The molecule has 1 saturated heterocycles. The normalized spacial score (nSPS) is 16.6. The van der Waals surface area contributed by atoms with E-state index in [9.17, 15) is 18.3 Å². The fourth-order valence-electron chi connectivity index (χ4n) is 5.16. The van der Waals surface area contributed by atoms with Gasteiger partial charge in [-0.05, 0) is 55.3 Å². The van der Waals surface area contributed by atoms with E-state index in [1.54, 1.807) is 59.6 Å². The summed E-state index contributed by atoms with van der Waals surface area (Å²) in [6, 6.07) is 20.4. The van der Waals surface area contributed by atoms with Gasteiger partial charge in [0.15, 0.2) is 11.5 Å². The number of fused-ring (bicyclic) bond motifs is 2. The molecule has 1 amide bonds. The smallest absolute Gasteiger partial charge is 0.264 e. The van der Waals surface area contributed by atoms with Crippen LogP contribution in [-0.4, -0.2) is 55.6 Å². The van der Waals surface area contributed by atoms with Crippen molar-refractivity contribution in [3.63, 3.8) is 0 Å². The highest BCUT2D eigenvalue weighted by atomic mass is 32.2. The monoisotopic (exact) mass is 545 g/mol. The van der Waals surface area contributed by atoms with E-state index in [-0.39, 0.29) is 10.8 Å². The van der Waals surface area contributed by atoms with E-state index in [1.807, 2.05) is 18.2 Å². The summed E-state index contributed by atoms with van der Waals surface area (Å²) in [4.78, 5) is 19.2. The summed E-state index contributed by atoms with van der Waals surface area (Å²) in [5, 5.41) is 12.2. The Kier molecular flexibility index (Phi) is 6.36. The minimum atomic E-state index is -3.89. The number of aromatic nitrogens is 1. The molecule has 3 heterocycles. The van der Waals surface area contributed by atoms with Gasteiger partial charge in [0.25, 0.3) is 15.9 Å². The summed E-state index contributed by atoms with van der Waals surface area (Å²) >= 11 is 0.